The molecule has 2 aromatic heterocycles. The number of anilines is 1. The van der Waals surface area contributed by atoms with Crippen molar-refractivity contribution in [1.29, 1.82) is 0 Å². The fraction of sp³-hybridized carbons (Fsp3) is 0.400. The SMILES string of the molecule is NC1CCN(c2cnc3[nH]ccc3n2)C1. The van der Waals surface area contributed by atoms with Gasteiger partial charge in [-0.2, -0.15) is 0 Å². The minimum Gasteiger partial charge on any atom is -0.354 e. The number of rotatable bonds is 1. The van der Waals surface area contributed by atoms with E-state index in [1.807, 2.05) is 12.3 Å². The summed E-state index contributed by atoms with van der Waals surface area (Å²) in [6.45, 7) is 1.86. The number of H-pyrrole nitrogens is 1. The van der Waals surface area contributed by atoms with E-state index in [2.05, 4.69) is 19.9 Å². The van der Waals surface area contributed by atoms with Crippen LogP contribution in [0.2, 0.25) is 0 Å². The predicted molar refractivity (Wildman–Crippen MR) is 58.7 cm³/mol. The highest BCUT2D eigenvalue weighted by atomic mass is 15.2. The zero-order chi connectivity index (χ0) is 10.3. The van der Waals surface area contributed by atoms with Crippen molar-refractivity contribution in [1.82, 2.24) is 15.0 Å². The monoisotopic (exact) mass is 203 g/mol. The van der Waals surface area contributed by atoms with Crippen LogP contribution in [0.3, 0.4) is 0 Å². The molecule has 0 aromatic carbocycles. The third kappa shape index (κ3) is 1.45. The molecule has 0 aliphatic carbocycles. The van der Waals surface area contributed by atoms with Gasteiger partial charge < -0.3 is 15.6 Å². The molecule has 1 atom stereocenters. The summed E-state index contributed by atoms with van der Waals surface area (Å²) < 4.78 is 0. The number of nitrogens with two attached hydrogens (primary N) is 1. The van der Waals surface area contributed by atoms with Crippen molar-refractivity contribution in [3.8, 4) is 0 Å². The van der Waals surface area contributed by atoms with E-state index < -0.39 is 0 Å². The molecule has 78 valence electrons. The van der Waals surface area contributed by atoms with Crippen molar-refractivity contribution >= 4 is 17.0 Å². The Labute approximate surface area is 87.3 Å². The molecule has 1 aliphatic heterocycles. The van der Waals surface area contributed by atoms with E-state index in [-0.39, 0.29) is 6.04 Å². The highest BCUT2D eigenvalue weighted by Crippen LogP contribution is 2.18. The summed E-state index contributed by atoms with van der Waals surface area (Å²) in [6.07, 6.45) is 4.69. The lowest BCUT2D eigenvalue weighted by Gasteiger charge is -2.15. The number of hydrogen-bond acceptors (Lipinski definition) is 4. The van der Waals surface area contributed by atoms with Crippen LogP contribution in [-0.2, 0) is 0 Å². The minimum atomic E-state index is 0.272. The third-order valence-electron chi connectivity index (χ3n) is 2.80. The molecule has 0 amide bonds. The molecule has 1 saturated heterocycles. The molecule has 3 heterocycles. The van der Waals surface area contributed by atoms with Crippen molar-refractivity contribution in [3.05, 3.63) is 18.5 Å². The molecule has 3 rings (SSSR count). The standard InChI is InChI=1S/C10H13N5/c11-7-2-4-15(6-7)9-5-13-10-8(14-9)1-3-12-10/h1,3,5,7H,2,4,6,11H2,(H,12,13). The molecule has 1 aliphatic rings. The van der Waals surface area contributed by atoms with Crippen LogP contribution in [0, 0.1) is 0 Å². The van der Waals surface area contributed by atoms with Gasteiger partial charge in [0.1, 0.15) is 11.3 Å². The Morgan fingerprint density at radius 1 is 1.53 bits per heavy atom. The number of hydrogen-bond donors (Lipinski definition) is 2. The number of fused-ring (bicyclic) bond motifs is 1. The molecule has 0 radical (unpaired) electrons. The van der Waals surface area contributed by atoms with Gasteiger partial charge in [0.2, 0.25) is 0 Å². The lowest BCUT2D eigenvalue weighted by Crippen LogP contribution is -2.26. The number of nitrogens with one attached hydrogen (secondary N) is 1. The predicted octanol–water partition coefficient (Wildman–Crippen LogP) is 0.495. The van der Waals surface area contributed by atoms with Crippen LogP contribution in [0.4, 0.5) is 5.82 Å². The zero-order valence-electron chi connectivity index (χ0n) is 8.35. The first-order valence-electron chi connectivity index (χ1n) is 5.13. The van der Waals surface area contributed by atoms with Crippen LogP contribution >= 0.6 is 0 Å². The molecule has 2 aromatic rings. The second kappa shape index (κ2) is 3.20. The van der Waals surface area contributed by atoms with Gasteiger partial charge in [-0.15, -0.1) is 0 Å². The molecular formula is C10H13N5. The largest absolute Gasteiger partial charge is 0.354 e. The summed E-state index contributed by atoms with van der Waals surface area (Å²) in [6, 6.07) is 2.20. The Morgan fingerprint density at radius 2 is 2.47 bits per heavy atom. The molecule has 1 unspecified atom stereocenters. The maximum absolute atomic E-state index is 5.86. The fourth-order valence-electron chi connectivity index (χ4n) is 1.97. The van der Waals surface area contributed by atoms with Crippen LogP contribution in [-0.4, -0.2) is 34.1 Å². The Balaban J connectivity index is 1.97. The quantitative estimate of drug-likeness (QED) is 0.707. The molecule has 15 heavy (non-hydrogen) atoms. The summed E-state index contributed by atoms with van der Waals surface area (Å²) in [5.41, 5.74) is 7.60. The molecule has 3 N–H and O–H groups in total. The average Bonchev–Trinajstić information content (AvgIpc) is 2.84. The summed E-state index contributed by atoms with van der Waals surface area (Å²) in [5, 5.41) is 0. The lowest BCUT2D eigenvalue weighted by molar-refractivity contribution is 0.751. The second-order valence-corrected chi connectivity index (χ2v) is 3.93. The maximum atomic E-state index is 5.86. The highest BCUT2D eigenvalue weighted by molar-refractivity contribution is 5.72. The van der Waals surface area contributed by atoms with Crippen LogP contribution in [0.25, 0.3) is 11.2 Å². The first-order valence-corrected chi connectivity index (χ1v) is 5.13. The Bertz CT molecular complexity index is 477. The van der Waals surface area contributed by atoms with Gasteiger partial charge in [-0.05, 0) is 12.5 Å². The maximum Gasteiger partial charge on any atom is 0.156 e. The molecule has 0 saturated carbocycles. The molecule has 0 spiro atoms. The molecule has 0 bridgehead atoms. The summed E-state index contributed by atoms with van der Waals surface area (Å²) in [5.74, 6) is 0.926. The van der Waals surface area contributed by atoms with Gasteiger partial charge in [0.25, 0.3) is 0 Å². The van der Waals surface area contributed by atoms with E-state index in [1.165, 1.54) is 0 Å². The van der Waals surface area contributed by atoms with Crippen molar-refractivity contribution in [3.63, 3.8) is 0 Å². The lowest BCUT2D eigenvalue weighted by atomic mass is 10.3. The van der Waals surface area contributed by atoms with E-state index in [9.17, 15) is 0 Å². The Hall–Kier alpha value is -1.62. The summed E-state index contributed by atoms with van der Waals surface area (Å²) in [7, 11) is 0. The Kier molecular flexibility index (Phi) is 1.85. The third-order valence-corrected chi connectivity index (χ3v) is 2.80. The first kappa shape index (κ1) is 8.67. The van der Waals surface area contributed by atoms with E-state index in [0.29, 0.717) is 0 Å². The van der Waals surface area contributed by atoms with Crippen LogP contribution in [0.1, 0.15) is 6.42 Å². The van der Waals surface area contributed by atoms with Crippen LogP contribution < -0.4 is 10.6 Å². The van der Waals surface area contributed by atoms with Gasteiger partial charge in [-0.3, -0.25) is 0 Å². The van der Waals surface area contributed by atoms with Gasteiger partial charge >= 0.3 is 0 Å². The van der Waals surface area contributed by atoms with Crippen molar-refractivity contribution < 1.29 is 0 Å². The molecule has 5 heteroatoms. The van der Waals surface area contributed by atoms with Crippen molar-refractivity contribution in [2.24, 2.45) is 5.73 Å². The molecule has 1 fully saturated rings. The zero-order valence-corrected chi connectivity index (χ0v) is 8.35. The van der Waals surface area contributed by atoms with E-state index in [0.717, 1.165) is 36.5 Å². The minimum absolute atomic E-state index is 0.272. The van der Waals surface area contributed by atoms with Gasteiger partial charge in [0.05, 0.1) is 6.20 Å². The Morgan fingerprint density at radius 3 is 3.27 bits per heavy atom. The van der Waals surface area contributed by atoms with Gasteiger partial charge in [0, 0.05) is 25.3 Å². The van der Waals surface area contributed by atoms with Crippen LogP contribution in [0.5, 0.6) is 0 Å². The fourth-order valence-corrected chi connectivity index (χ4v) is 1.97. The topological polar surface area (TPSA) is 70.8 Å². The van der Waals surface area contributed by atoms with Gasteiger partial charge in [0.15, 0.2) is 5.65 Å². The smallest absolute Gasteiger partial charge is 0.156 e. The second-order valence-electron chi connectivity index (χ2n) is 3.93. The normalized spacial score (nSPS) is 21.4. The van der Waals surface area contributed by atoms with Crippen molar-refractivity contribution in [2.45, 2.75) is 12.5 Å². The number of aromatic amines is 1. The van der Waals surface area contributed by atoms with Gasteiger partial charge in [-0.1, -0.05) is 0 Å². The van der Waals surface area contributed by atoms with E-state index >= 15 is 0 Å². The summed E-state index contributed by atoms with van der Waals surface area (Å²) >= 11 is 0. The van der Waals surface area contributed by atoms with Crippen LogP contribution in [0.15, 0.2) is 18.5 Å². The van der Waals surface area contributed by atoms with E-state index in [4.69, 9.17) is 5.73 Å². The van der Waals surface area contributed by atoms with Gasteiger partial charge in [-0.25, -0.2) is 9.97 Å². The van der Waals surface area contributed by atoms with E-state index in [1.54, 1.807) is 6.20 Å². The number of nitrogens with zero attached hydrogens (tertiary/aromatic N) is 3. The number of aromatic nitrogens is 3. The first-order chi connectivity index (χ1) is 7.33. The highest BCUT2D eigenvalue weighted by Gasteiger charge is 2.20. The summed E-state index contributed by atoms with van der Waals surface area (Å²) in [4.78, 5) is 14.1. The average molecular weight is 203 g/mol. The molecular weight excluding hydrogens is 190 g/mol. The molecule has 5 nitrogen and oxygen atoms in total. The van der Waals surface area contributed by atoms with Crippen molar-refractivity contribution in [2.75, 3.05) is 18.0 Å².